The predicted molar refractivity (Wildman–Crippen MR) is 58.9 cm³/mol. The Labute approximate surface area is 111 Å². The number of aryl methyl sites for hydroxylation is 1. The van der Waals surface area contributed by atoms with Gasteiger partial charge in [-0.15, -0.1) is 0 Å². The van der Waals surface area contributed by atoms with Crippen molar-refractivity contribution < 1.29 is 37.5 Å². The third kappa shape index (κ3) is 4.41. The summed E-state index contributed by atoms with van der Waals surface area (Å²) >= 11 is 0. The van der Waals surface area contributed by atoms with Crippen LogP contribution in [0.1, 0.15) is 16.8 Å². The van der Waals surface area contributed by atoms with Crippen LogP contribution >= 0.6 is 0 Å². The van der Waals surface area contributed by atoms with E-state index in [1.807, 2.05) is 0 Å². The number of alkyl halides is 3. The molecule has 0 saturated carbocycles. The highest BCUT2D eigenvalue weighted by Crippen LogP contribution is 2.14. The van der Waals surface area contributed by atoms with Crippen LogP contribution in [0, 0.1) is 0 Å². The molecule has 9 heteroatoms. The van der Waals surface area contributed by atoms with Crippen LogP contribution in [0.25, 0.3) is 0 Å². The first-order chi connectivity index (χ1) is 9.21. The molecule has 1 heterocycles. The van der Waals surface area contributed by atoms with E-state index in [1.54, 1.807) is 5.32 Å². The topological polar surface area (TPSA) is 90.5 Å². The number of carbonyl (C=O) groups excluding carboxylic acids is 1. The highest BCUT2D eigenvalue weighted by molar-refractivity contribution is 5.90. The van der Waals surface area contributed by atoms with Crippen molar-refractivity contribution in [2.45, 2.75) is 19.1 Å². The number of hydrogen-bond acceptors (Lipinski definition) is 3. The molecule has 6 nitrogen and oxygen atoms in total. The van der Waals surface area contributed by atoms with Crippen LogP contribution in [-0.4, -0.2) is 34.8 Å². The van der Waals surface area contributed by atoms with Crippen LogP contribution in [0.4, 0.5) is 13.2 Å². The highest BCUT2D eigenvalue weighted by atomic mass is 19.4. The predicted octanol–water partition coefficient (Wildman–Crippen LogP) is 0.446. The number of pyridine rings is 1. The first-order valence-electron chi connectivity index (χ1n) is 5.52. The lowest BCUT2D eigenvalue weighted by molar-refractivity contribution is -0.697. The first kappa shape index (κ1) is 15.7. The van der Waals surface area contributed by atoms with E-state index in [0.717, 1.165) is 6.20 Å². The Bertz CT molecular complexity index is 517. The van der Waals surface area contributed by atoms with Gasteiger partial charge in [0.25, 0.3) is 0 Å². The fourth-order valence-electron chi connectivity index (χ4n) is 1.41. The summed E-state index contributed by atoms with van der Waals surface area (Å²) in [5.41, 5.74) is -0.272. The van der Waals surface area contributed by atoms with Gasteiger partial charge in [0.15, 0.2) is 11.9 Å². The zero-order valence-corrected chi connectivity index (χ0v) is 10.1. The summed E-state index contributed by atoms with van der Waals surface area (Å²) < 4.78 is 37.0. The van der Waals surface area contributed by atoms with E-state index in [1.165, 1.54) is 16.8 Å². The molecule has 1 rings (SSSR count). The normalized spacial score (nSPS) is 11.2. The van der Waals surface area contributed by atoms with Crippen LogP contribution in [0.2, 0.25) is 0 Å². The molecule has 0 spiro atoms. The molecule has 110 valence electrons. The third-order valence-electron chi connectivity index (χ3n) is 2.36. The van der Waals surface area contributed by atoms with Gasteiger partial charge in [0.1, 0.15) is 12.1 Å². The summed E-state index contributed by atoms with van der Waals surface area (Å²) in [5.74, 6) is -3.74. The number of aromatic carboxylic acids is 1. The van der Waals surface area contributed by atoms with Gasteiger partial charge >= 0.3 is 18.1 Å². The van der Waals surface area contributed by atoms with Gasteiger partial charge in [-0.2, -0.15) is 13.2 Å². The quantitative estimate of drug-likeness (QED) is 0.543. The number of hydrogen-bond donors (Lipinski definition) is 3. The molecule has 0 saturated heterocycles. The van der Waals surface area contributed by atoms with Gasteiger partial charge in [0.05, 0.1) is 0 Å². The van der Waals surface area contributed by atoms with E-state index in [4.69, 9.17) is 5.11 Å². The molecule has 0 aromatic carbocycles. The Balaban J connectivity index is 2.46. The summed E-state index contributed by atoms with van der Waals surface area (Å²) in [6.45, 7) is 0.0262. The maximum Gasteiger partial charge on any atom is 0.471 e. The average molecular weight is 293 g/mol. The summed E-state index contributed by atoms with van der Waals surface area (Å²) in [7, 11) is 0. The van der Waals surface area contributed by atoms with Crippen molar-refractivity contribution in [2.24, 2.45) is 0 Å². The molecule has 0 aliphatic rings. The average Bonchev–Trinajstić information content (AvgIpc) is 2.32. The molecule has 0 aliphatic carbocycles. The molecule has 0 atom stereocenters. The van der Waals surface area contributed by atoms with Crippen molar-refractivity contribution in [1.29, 1.82) is 0 Å². The molecule has 1 aromatic rings. The van der Waals surface area contributed by atoms with Crippen molar-refractivity contribution >= 4 is 11.9 Å². The Morgan fingerprint density at radius 1 is 1.35 bits per heavy atom. The molecule has 0 fully saturated rings. The van der Waals surface area contributed by atoms with Gasteiger partial charge < -0.3 is 15.5 Å². The summed E-state index contributed by atoms with van der Waals surface area (Å²) in [4.78, 5) is 21.1. The fourth-order valence-corrected chi connectivity index (χ4v) is 1.41. The largest absolute Gasteiger partial charge is 0.502 e. The van der Waals surface area contributed by atoms with E-state index >= 15 is 0 Å². The van der Waals surface area contributed by atoms with Gasteiger partial charge in [0.2, 0.25) is 6.20 Å². The van der Waals surface area contributed by atoms with Crippen molar-refractivity contribution in [3.05, 3.63) is 24.0 Å². The number of nitrogens with zero attached hydrogens (tertiary/aromatic N) is 1. The molecule has 1 amide bonds. The highest BCUT2D eigenvalue weighted by Gasteiger charge is 2.38. The number of carboxylic acid groups (broad SMARTS) is 1. The summed E-state index contributed by atoms with van der Waals surface area (Å²) in [5, 5.41) is 19.8. The van der Waals surface area contributed by atoms with Crippen LogP contribution < -0.4 is 9.88 Å². The zero-order chi connectivity index (χ0) is 15.3. The number of amides is 1. The van der Waals surface area contributed by atoms with Crippen LogP contribution in [0.15, 0.2) is 18.5 Å². The molecule has 0 aliphatic heterocycles. The molecule has 0 unspecified atom stereocenters. The summed E-state index contributed by atoms with van der Waals surface area (Å²) in [6.07, 6.45) is -2.20. The minimum atomic E-state index is -4.91. The molecular weight excluding hydrogens is 281 g/mol. The number of carboxylic acids is 1. The van der Waals surface area contributed by atoms with Crippen LogP contribution in [0.3, 0.4) is 0 Å². The number of carbonyl (C=O) groups is 2. The smallest absolute Gasteiger partial charge is 0.471 e. The number of aromatic nitrogens is 1. The maximum atomic E-state index is 11.9. The minimum absolute atomic E-state index is 0.188. The lowest BCUT2D eigenvalue weighted by Crippen LogP contribution is -2.39. The maximum absolute atomic E-state index is 11.9. The second kappa shape index (κ2) is 6.22. The standard InChI is InChI=1S/C11H11F3N2O4/c12-11(13,14)10(20)15-3-1-4-16-5-2-7(9(18)19)8(17)6-16/h2,5-6H,1,3-4H2,(H2-,15,17,18,19,20)/p+1. The molecule has 1 aromatic heterocycles. The van der Waals surface area contributed by atoms with Gasteiger partial charge in [-0.3, -0.25) is 4.79 Å². The van der Waals surface area contributed by atoms with Crippen molar-refractivity contribution in [2.75, 3.05) is 6.54 Å². The zero-order valence-electron chi connectivity index (χ0n) is 10.1. The van der Waals surface area contributed by atoms with E-state index < -0.39 is 23.8 Å². The Hall–Kier alpha value is -2.32. The van der Waals surface area contributed by atoms with Crippen molar-refractivity contribution in [3.63, 3.8) is 0 Å². The van der Waals surface area contributed by atoms with Crippen LogP contribution in [-0.2, 0) is 11.3 Å². The van der Waals surface area contributed by atoms with Crippen molar-refractivity contribution in [1.82, 2.24) is 5.32 Å². The van der Waals surface area contributed by atoms with E-state index in [9.17, 15) is 27.9 Å². The molecule has 20 heavy (non-hydrogen) atoms. The Kier molecular flexibility index (Phi) is 4.89. The number of nitrogens with one attached hydrogen (secondary N) is 1. The lowest BCUT2D eigenvalue weighted by atomic mass is 10.2. The second-order valence-electron chi connectivity index (χ2n) is 3.89. The Morgan fingerprint density at radius 2 is 2.00 bits per heavy atom. The molecule has 0 bridgehead atoms. The SMILES string of the molecule is O=C(O)c1cc[n+](CCCNC(=O)C(F)(F)F)cc1O. The molecular formula is C11H12F3N2O4+. The fraction of sp³-hybridized carbons (Fsp3) is 0.364. The number of halogens is 3. The van der Waals surface area contributed by atoms with Gasteiger partial charge in [-0.25, -0.2) is 9.36 Å². The van der Waals surface area contributed by atoms with Crippen molar-refractivity contribution in [3.8, 4) is 5.75 Å². The summed E-state index contributed by atoms with van der Waals surface area (Å²) in [6, 6.07) is 1.17. The van der Waals surface area contributed by atoms with E-state index in [0.29, 0.717) is 0 Å². The van der Waals surface area contributed by atoms with Gasteiger partial charge in [-0.05, 0) is 0 Å². The molecule has 0 radical (unpaired) electrons. The molecule has 3 N–H and O–H groups in total. The third-order valence-corrected chi connectivity index (χ3v) is 2.36. The van der Waals surface area contributed by atoms with Gasteiger partial charge in [0, 0.05) is 19.0 Å². The number of aromatic hydroxyl groups is 1. The Morgan fingerprint density at radius 3 is 2.50 bits per heavy atom. The first-order valence-corrected chi connectivity index (χ1v) is 5.52. The lowest BCUT2D eigenvalue weighted by Gasteiger charge is -2.06. The van der Waals surface area contributed by atoms with Crippen LogP contribution in [0.5, 0.6) is 5.75 Å². The van der Waals surface area contributed by atoms with Gasteiger partial charge in [-0.1, -0.05) is 0 Å². The van der Waals surface area contributed by atoms with E-state index in [2.05, 4.69) is 0 Å². The van der Waals surface area contributed by atoms with E-state index in [-0.39, 0.29) is 25.1 Å². The minimum Gasteiger partial charge on any atom is -0.502 e. The number of rotatable bonds is 5. The monoisotopic (exact) mass is 293 g/mol. The second-order valence-corrected chi connectivity index (χ2v) is 3.89.